The van der Waals surface area contributed by atoms with Crippen molar-refractivity contribution < 1.29 is 14.3 Å². The summed E-state index contributed by atoms with van der Waals surface area (Å²) in [6.07, 6.45) is 4.11. The Morgan fingerprint density at radius 3 is 2.46 bits per heavy atom. The van der Waals surface area contributed by atoms with Gasteiger partial charge in [0.2, 0.25) is 0 Å². The highest BCUT2D eigenvalue weighted by Crippen LogP contribution is 2.46. The number of imide groups is 1. The van der Waals surface area contributed by atoms with Crippen molar-refractivity contribution in [2.45, 2.75) is 43.2 Å². The molecule has 26 heavy (non-hydrogen) atoms. The van der Waals surface area contributed by atoms with Gasteiger partial charge in [0.05, 0.1) is 6.61 Å². The van der Waals surface area contributed by atoms with Gasteiger partial charge in [0.1, 0.15) is 5.54 Å². The topological polar surface area (TPSA) is 70.7 Å². The molecule has 3 aliphatic rings. The molecule has 1 aromatic carbocycles. The van der Waals surface area contributed by atoms with Crippen molar-refractivity contribution in [2.75, 3.05) is 26.8 Å². The van der Waals surface area contributed by atoms with E-state index in [1.54, 1.807) is 0 Å². The number of ether oxygens (including phenoxy) is 1. The lowest BCUT2D eigenvalue weighted by molar-refractivity contribution is -0.126. The molecule has 3 amide bonds. The van der Waals surface area contributed by atoms with E-state index in [-0.39, 0.29) is 17.5 Å². The van der Waals surface area contributed by atoms with E-state index in [4.69, 9.17) is 4.74 Å². The first-order chi connectivity index (χ1) is 12.5. The van der Waals surface area contributed by atoms with Gasteiger partial charge in [-0.05, 0) is 50.6 Å². The quantitative estimate of drug-likeness (QED) is 0.809. The summed E-state index contributed by atoms with van der Waals surface area (Å²) in [6.45, 7) is 2.67. The minimum absolute atomic E-state index is 0.108. The van der Waals surface area contributed by atoms with Crippen LogP contribution in [0.25, 0.3) is 0 Å². The summed E-state index contributed by atoms with van der Waals surface area (Å²) in [6, 6.07) is 10.2. The van der Waals surface area contributed by atoms with Crippen molar-refractivity contribution in [3.8, 4) is 0 Å². The fraction of sp³-hybridized carbons (Fsp3) is 0.600. The van der Waals surface area contributed by atoms with E-state index in [9.17, 15) is 9.59 Å². The molecule has 2 heterocycles. The molecule has 3 fully saturated rings. The second kappa shape index (κ2) is 6.67. The minimum Gasteiger partial charge on any atom is -0.381 e. The number of urea groups is 1. The molecule has 4 rings (SSSR count). The second-order valence-corrected chi connectivity index (χ2v) is 8.00. The van der Waals surface area contributed by atoms with Crippen LogP contribution < -0.4 is 10.6 Å². The van der Waals surface area contributed by atoms with Crippen molar-refractivity contribution >= 4 is 11.9 Å². The van der Waals surface area contributed by atoms with Crippen LogP contribution in [-0.2, 0) is 15.1 Å². The maximum Gasteiger partial charge on any atom is 0.322 e. The molecule has 0 radical (unpaired) electrons. The fourth-order valence-electron chi connectivity index (χ4n) is 4.90. The van der Waals surface area contributed by atoms with Gasteiger partial charge in [0.15, 0.2) is 0 Å². The van der Waals surface area contributed by atoms with Gasteiger partial charge in [-0.3, -0.25) is 15.0 Å². The first-order valence-corrected chi connectivity index (χ1v) is 9.52. The third-order valence-electron chi connectivity index (χ3n) is 6.54. The molecule has 1 spiro atoms. The van der Waals surface area contributed by atoms with E-state index in [1.807, 2.05) is 6.07 Å². The lowest BCUT2D eigenvalue weighted by Gasteiger charge is -2.49. The number of carbonyl (C=O) groups is 2. The molecule has 6 heteroatoms. The number of hydrogen-bond donors (Lipinski definition) is 2. The Bertz CT molecular complexity index is 677. The molecular formula is C20H27N3O3. The first kappa shape index (κ1) is 17.5. The van der Waals surface area contributed by atoms with Gasteiger partial charge in [-0.15, -0.1) is 0 Å². The lowest BCUT2D eigenvalue weighted by atomic mass is 9.68. The number of rotatable bonds is 4. The van der Waals surface area contributed by atoms with E-state index in [1.165, 1.54) is 5.56 Å². The van der Waals surface area contributed by atoms with Crippen molar-refractivity contribution in [3.05, 3.63) is 35.9 Å². The van der Waals surface area contributed by atoms with Gasteiger partial charge in [-0.25, -0.2) is 4.79 Å². The zero-order chi connectivity index (χ0) is 18.2. The Hall–Kier alpha value is -1.92. The molecule has 0 aromatic heterocycles. The zero-order valence-corrected chi connectivity index (χ0v) is 15.3. The Kier molecular flexibility index (Phi) is 4.49. The molecule has 1 aliphatic carbocycles. The van der Waals surface area contributed by atoms with Gasteiger partial charge in [-0.1, -0.05) is 30.3 Å². The van der Waals surface area contributed by atoms with E-state index in [0.29, 0.717) is 18.8 Å². The Morgan fingerprint density at radius 1 is 1.15 bits per heavy atom. The normalized spacial score (nSPS) is 34.3. The molecule has 6 nitrogen and oxygen atoms in total. The smallest absolute Gasteiger partial charge is 0.322 e. The number of hydrogen-bond acceptors (Lipinski definition) is 4. The molecule has 1 saturated carbocycles. The summed E-state index contributed by atoms with van der Waals surface area (Å²) in [5, 5.41) is 5.30. The van der Waals surface area contributed by atoms with E-state index in [0.717, 1.165) is 39.0 Å². The van der Waals surface area contributed by atoms with Crippen LogP contribution in [0.15, 0.2) is 30.3 Å². The predicted octanol–water partition coefficient (Wildman–Crippen LogP) is 2.00. The molecule has 2 aliphatic heterocycles. The Labute approximate surface area is 154 Å². The molecule has 2 saturated heterocycles. The average Bonchev–Trinajstić information content (AvgIpc) is 3.25. The number of carbonyl (C=O) groups excluding carboxylic acids is 2. The second-order valence-electron chi connectivity index (χ2n) is 8.00. The monoisotopic (exact) mass is 357 g/mol. The van der Waals surface area contributed by atoms with Crippen LogP contribution in [-0.4, -0.2) is 49.2 Å². The molecule has 2 N–H and O–H groups in total. The summed E-state index contributed by atoms with van der Waals surface area (Å²) in [5.41, 5.74) is 0.455. The highest BCUT2D eigenvalue weighted by Gasteiger charge is 2.53. The summed E-state index contributed by atoms with van der Waals surface area (Å²) < 4.78 is 5.56. The number of nitrogens with one attached hydrogen (secondary N) is 2. The lowest BCUT2D eigenvalue weighted by Crippen LogP contribution is -2.57. The zero-order valence-electron chi connectivity index (χ0n) is 15.3. The van der Waals surface area contributed by atoms with Crippen molar-refractivity contribution in [1.82, 2.24) is 15.5 Å². The Balaban J connectivity index is 1.59. The highest BCUT2D eigenvalue weighted by atomic mass is 16.5. The third kappa shape index (κ3) is 2.91. The minimum atomic E-state index is -0.729. The number of benzene rings is 1. The van der Waals surface area contributed by atoms with Crippen LogP contribution in [0.4, 0.5) is 4.79 Å². The number of nitrogens with zero attached hydrogens (tertiary/aromatic N) is 1. The largest absolute Gasteiger partial charge is 0.381 e. The van der Waals surface area contributed by atoms with Gasteiger partial charge in [-0.2, -0.15) is 0 Å². The van der Waals surface area contributed by atoms with Gasteiger partial charge in [0.25, 0.3) is 5.91 Å². The van der Waals surface area contributed by atoms with Crippen molar-refractivity contribution in [1.29, 1.82) is 0 Å². The SMILES string of the molecule is CN(CC1CCOC1)C1(c2ccccc2)CCC2(CC1)NC(=O)NC2=O. The van der Waals surface area contributed by atoms with E-state index < -0.39 is 5.54 Å². The third-order valence-corrected chi connectivity index (χ3v) is 6.54. The van der Waals surface area contributed by atoms with Crippen LogP contribution in [0, 0.1) is 5.92 Å². The highest BCUT2D eigenvalue weighted by molar-refractivity contribution is 6.07. The van der Waals surface area contributed by atoms with E-state index in [2.05, 4.69) is 46.8 Å². The maximum absolute atomic E-state index is 12.3. The maximum atomic E-state index is 12.3. The Morgan fingerprint density at radius 2 is 1.88 bits per heavy atom. The molecule has 0 bridgehead atoms. The van der Waals surface area contributed by atoms with Gasteiger partial charge in [0, 0.05) is 18.7 Å². The molecule has 1 aromatic rings. The summed E-state index contributed by atoms with van der Waals surface area (Å²) in [4.78, 5) is 26.4. The van der Waals surface area contributed by atoms with Crippen LogP contribution >= 0.6 is 0 Å². The molecule has 140 valence electrons. The standard InChI is InChI=1S/C20H27N3O3/c1-23(13-15-7-12-26-14-15)20(16-5-3-2-4-6-16)10-8-19(9-11-20)17(24)21-18(25)22-19/h2-6,15H,7-14H2,1H3,(H2,21,22,24,25). The average molecular weight is 357 g/mol. The molecular weight excluding hydrogens is 330 g/mol. The molecule has 1 unspecified atom stereocenters. The van der Waals surface area contributed by atoms with Crippen LogP contribution in [0.1, 0.15) is 37.7 Å². The number of amides is 3. The van der Waals surface area contributed by atoms with E-state index >= 15 is 0 Å². The molecule has 1 atom stereocenters. The van der Waals surface area contributed by atoms with Crippen LogP contribution in [0.5, 0.6) is 0 Å². The van der Waals surface area contributed by atoms with Gasteiger partial charge >= 0.3 is 6.03 Å². The summed E-state index contributed by atoms with van der Waals surface area (Å²) in [7, 11) is 2.19. The van der Waals surface area contributed by atoms with Crippen LogP contribution in [0.2, 0.25) is 0 Å². The van der Waals surface area contributed by atoms with Crippen molar-refractivity contribution in [3.63, 3.8) is 0 Å². The fourth-order valence-corrected chi connectivity index (χ4v) is 4.90. The van der Waals surface area contributed by atoms with Gasteiger partial charge < -0.3 is 10.1 Å². The van der Waals surface area contributed by atoms with Crippen molar-refractivity contribution in [2.24, 2.45) is 5.92 Å². The summed E-state index contributed by atoms with van der Waals surface area (Å²) in [5.74, 6) is 0.391. The first-order valence-electron chi connectivity index (χ1n) is 9.52. The summed E-state index contributed by atoms with van der Waals surface area (Å²) >= 11 is 0. The van der Waals surface area contributed by atoms with Crippen LogP contribution in [0.3, 0.4) is 0 Å². The predicted molar refractivity (Wildman–Crippen MR) is 97.5 cm³/mol.